The first-order chi connectivity index (χ1) is 21.7. The normalized spacial score (nSPS) is 28.6. The average molecular weight is 626 g/mol. The molecule has 2 aromatic rings. The third-order valence-electron chi connectivity index (χ3n) is 11.2. The number of benzene rings is 2. The number of carbonyl (C=O) groups excluding carboxylic acids is 1. The molecule has 3 aliphatic rings. The molecule has 0 aliphatic heterocycles. The third-order valence-corrected chi connectivity index (χ3v) is 11.2. The Labute approximate surface area is 268 Å². The van der Waals surface area contributed by atoms with Crippen molar-refractivity contribution in [2.75, 3.05) is 41.0 Å². The topological polar surface area (TPSA) is 88.5 Å². The lowest BCUT2D eigenvalue weighted by Gasteiger charge is -2.54. The fourth-order valence-corrected chi connectivity index (χ4v) is 8.94. The summed E-state index contributed by atoms with van der Waals surface area (Å²) in [5, 5.41) is 21.1. The first kappa shape index (κ1) is 33.5. The van der Waals surface area contributed by atoms with E-state index in [1.54, 1.807) is 27.4 Å². The number of phenols is 1. The number of rotatable bonds is 14. The van der Waals surface area contributed by atoms with E-state index >= 15 is 4.39 Å². The molecule has 2 saturated carbocycles. The first-order valence-corrected chi connectivity index (χ1v) is 16.8. The van der Waals surface area contributed by atoms with Crippen LogP contribution in [0.15, 0.2) is 36.4 Å². The fourth-order valence-electron chi connectivity index (χ4n) is 8.94. The minimum absolute atomic E-state index is 0.0642. The highest BCUT2D eigenvalue weighted by Gasteiger charge is 2.59. The van der Waals surface area contributed by atoms with Crippen molar-refractivity contribution in [3.05, 3.63) is 53.1 Å². The second kappa shape index (κ2) is 14.7. The van der Waals surface area contributed by atoms with Gasteiger partial charge in [0.05, 0.1) is 33.4 Å². The van der Waals surface area contributed by atoms with Crippen LogP contribution in [0.4, 0.5) is 4.39 Å². The van der Waals surface area contributed by atoms with Gasteiger partial charge in [-0.25, -0.2) is 4.39 Å². The van der Waals surface area contributed by atoms with Crippen LogP contribution < -0.4 is 9.47 Å². The van der Waals surface area contributed by atoms with Gasteiger partial charge in [-0.05, 0) is 103 Å². The molecule has 3 aliphatic carbocycles. The van der Waals surface area contributed by atoms with Crippen LogP contribution in [0.2, 0.25) is 0 Å². The van der Waals surface area contributed by atoms with E-state index in [-0.39, 0.29) is 35.3 Å². The zero-order valence-electron chi connectivity index (χ0n) is 27.5. The maximum absolute atomic E-state index is 16.0. The summed E-state index contributed by atoms with van der Waals surface area (Å²) in [7, 11) is 4.84. The van der Waals surface area contributed by atoms with Crippen molar-refractivity contribution in [3.8, 4) is 17.2 Å². The smallest absolute Gasteiger partial charge is 0.227 e. The minimum Gasteiger partial charge on any atom is -0.508 e. The Kier molecular flexibility index (Phi) is 11.0. The molecule has 2 fully saturated rings. The summed E-state index contributed by atoms with van der Waals surface area (Å²) in [6.45, 7) is 3.83. The Morgan fingerprint density at radius 3 is 2.53 bits per heavy atom. The van der Waals surface area contributed by atoms with E-state index in [4.69, 9.17) is 14.2 Å². The highest BCUT2D eigenvalue weighted by Crippen LogP contribution is 2.63. The maximum Gasteiger partial charge on any atom is 0.227 e. The van der Waals surface area contributed by atoms with E-state index in [2.05, 4.69) is 6.92 Å². The summed E-state index contributed by atoms with van der Waals surface area (Å²) < 4.78 is 32.1. The van der Waals surface area contributed by atoms with E-state index in [1.807, 2.05) is 35.2 Å². The molecule has 2 aromatic carbocycles. The zero-order valence-corrected chi connectivity index (χ0v) is 27.5. The molecule has 7 atom stereocenters. The van der Waals surface area contributed by atoms with Crippen molar-refractivity contribution in [1.29, 1.82) is 0 Å². The summed E-state index contributed by atoms with van der Waals surface area (Å²) in [6, 6.07) is 11.1. The van der Waals surface area contributed by atoms with E-state index in [0.717, 1.165) is 68.1 Å². The van der Waals surface area contributed by atoms with Crippen LogP contribution in [0.3, 0.4) is 0 Å². The van der Waals surface area contributed by atoms with Gasteiger partial charge in [-0.15, -0.1) is 0 Å². The number of aliphatic hydroxyl groups excluding tert-OH is 1. The van der Waals surface area contributed by atoms with Crippen molar-refractivity contribution in [2.24, 2.45) is 23.2 Å². The van der Waals surface area contributed by atoms with Crippen LogP contribution in [0.25, 0.3) is 0 Å². The Morgan fingerprint density at radius 2 is 1.78 bits per heavy atom. The van der Waals surface area contributed by atoms with Crippen LogP contribution in [0.5, 0.6) is 17.2 Å². The number of hydrogen-bond donors (Lipinski definition) is 2. The molecule has 7 nitrogen and oxygen atoms in total. The van der Waals surface area contributed by atoms with Crippen LogP contribution in [-0.2, 0) is 22.4 Å². The Hall–Kier alpha value is -2.84. The number of hydrogen-bond acceptors (Lipinski definition) is 6. The highest BCUT2D eigenvalue weighted by molar-refractivity contribution is 5.79. The largest absolute Gasteiger partial charge is 0.508 e. The van der Waals surface area contributed by atoms with Gasteiger partial charge in [0.25, 0.3) is 0 Å². The van der Waals surface area contributed by atoms with Gasteiger partial charge in [0.1, 0.15) is 11.9 Å². The number of methoxy groups -OCH3 is 3. The van der Waals surface area contributed by atoms with E-state index in [9.17, 15) is 15.0 Å². The van der Waals surface area contributed by atoms with Crippen LogP contribution in [0, 0.1) is 23.2 Å². The number of amides is 1. The van der Waals surface area contributed by atoms with Crippen molar-refractivity contribution < 1.29 is 33.6 Å². The molecule has 0 bridgehead atoms. The van der Waals surface area contributed by atoms with Gasteiger partial charge in [-0.3, -0.25) is 4.79 Å². The number of unbranched alkanes of at least 4 members (excludes halogenated alkanes) is 3. The SMILES string of the molecule is COCCN(CCCCCC[C@@H]1Cc2cc(O)ccc2C2C1C1CC[C@H](O)[C@@]1(C)C[C@@H]2F)C(=O)Cc1ccc(OC)c(OC)c1. The molecule has 5 rings (SSSR count). The number of aliphatic hydroxyl groups is 1. The van der Waals surface area contributed by atoms with Gasteiger partial charge in [0, 0.05) is 26.1 Å². The van der Waals surface area contributed by atoms with Crippen LogP contribution in [-0.4, -0.2) is 74.3 Å². The predicted molar refractivity (Wildman–Crippen MR) is 173 cm³/mol. The highest BCUT2D eigenvalue weighted by atomic mass is 19.1. The van der Waals surface area contributed by atoms with Crippen LogP contribution in [0.1, 0.15) is 80.9 Å². The summed E-state index contributed by atoms with van der Waals surface area (Å²) in [5.41, 5.74) is 2.68. The molecule has 2 N–H and O–H groups in total. The van der Waals surface area contributed by atoms with Crippen molar-refractivity contribution in [3.63, 3.8) is 0 Å². The summed E-state index contributed by atoms with van der Waals surface area (Å²) in [4.78, 5) is 15.1. The molecule has 45 heavy (non-hydrogen) atoms. The number of fused-ring (bicyclic) bond motifs is 5. The van der Waals surface area contributed by atoms with E-state index < -0.39 is 12.3 Å². The third kappa shape index (κ3) is 7.12. The number of aromatic hydroxyl groups is 1. The van der Waals surface area contributed by atoms with Gasteiger partial charge in [0.15, 0.2) is 11.5 Å². The molecular weight excluding hydrogens is 573 g/mol. The van der Waals surface area contributed by atoms with Crippen molar-refractivity contribution >= 4 is 5.91 Å². The molecule has 0 saturated heterocycles. The second-order valence-corrected chi connectivity index (χ2v) is 13.8. The maximum atomic E-state index is 16.0. The molecule has 0 heterocycles. The number of ether oxygens (including phenoxy) is 3. The summed E-state index contributed by atoms with van der Waals surface area (Å²) in [5.74, 6) is 2.27. The molecule has 0 radical (unpaired) electrons. The van der Waals surface area contributed by atoms with Gasteiger partial charge in [-0.2, -0.15) is 0 Å². The molecule has 1 amide bonds. The average Bonchev–Trinajstić information content (AvgIpc) is 3.32. The number of carbonyl (C=O) groups is 1. The Bertz CT molecular complexity index is 1300. The van der Waals surface area contributed by atoms with E-state index in [0.29, 0.717) is 49.5 Å². The molecular formula is C37H52FNO6. The van der Waals surface area contributed by atoms with Gasteiger partial charge in [-0.1, -0.05) is 38.3 Å². The standard InChI is InChI=1S/C37H52FNO6/c1-37-23-30(38)36-28-12-11-27(40)22-26(28)21-25(35(36)29(37)13-15-33(37)41)9-7-5-6-8-16-39(17-18-43-2)34(42)20-24-10-14-31(44-3)32(19-24)45-4/h10-12,14,19,22,25,29-30,33,35-36,40-41H,5-9,13,15-18,20-21,23H2,1-4H3/t25-,29?,30+,33+,35?,36?,37+/m1/s1. The number of phenolic OH excluding ortho intramolecular Hbond substituents is 1. The van der Waals surface area contributed by atoms with E-state index in [1.165, 1.54) is 0 Å². The zero-order chi connectivity index (χ0) is 32.1. The number of nitrogens with zero attached hydrogens (tertiary/aromatic N) is 1. The quantitative estimate of drug-likeness (QED) is 0.234. The molecule has 0 aromatic heterocycles. The first-order valence-electron chi connectivity index (χ1n) is 16.8. The van der Waals surface area contributed by atoms with Gasteiger partial charge in [0.2, 0.25) is 5.91 Å². The molecule has 8 heteroatoms. The molecule has 0 spiro atoms. The number of halogens is 1. The lowest BCUT2D eigenvalue weighted by atomic mass is 9.51. The van der Waals surface area contributed by atoms with Crippen molar-refractivity contribution in [1.82, 2.24) is 4.90 Å². The van der Waals surface area contributed by atoms with Gasteiger partial charge < -0.3 is 29.3 Å². The summed E-state index contributed by atoms with van der Waals surface area (Å²) in [6.07, 6.45) is 6.89. The van der Waals surface area contributed by atoms with Gasteiger partial charge >= 0.3 is 0 Å². The lowest BCUT2D eigenvalue weighted by molar-refractivity contribution is -0.131. The molecule has 3 unspecified atom stereocenters. The van der Waals surface area contributed by atoms with Crippen LogP contribution >= 0.6 is 0 Å². The monoisotopic (exact) mass is 625 g/mol. The number of alkyl halides is 1. The minimum atomic E-state index is -0.982. The fraction of sp³-hybridized carbons (Fsp3) is 0.649. The lowest BCUT2D eigenvalue weighted by Crippen LogP contribution is -2.51. The Morgan fingerprint density at radius 1 is 1.00 bits per heavy atom. The Balaban J connectivity index is 1.17. The molecule has 248 valence electrons. The second-order valence-electron chi connectivity index (χ2n) is 13.8. The van der Waals surface area contributed by atoms with Crippen molar-refractivity contribution in [2.45, 2.75) is 89.3 Å². The summed E-state index contributed by atoms with van der Waals surface area (Å²) >= 11 is 0. The predicted octanol–water partition coefficient (Wildman–Crippen LogP) is 6.47.